The molecule has 2 rings (SSSR count). The number of carbonyl (C=O) groups is 1. The highest BCUT2D eigenvalue weighted by atomic mass is 79.9. The van der Waals surface area contributed by atoms with Gasteiger partial charge in [-0.3, -0.25) is 0 Å². The van der Waals surface area contributed by atoms with Gasteiger partial charge in [-0.05, 0) is 22.0 Å². The number of halogens is 1. The van der Waals surface area contributed by atoms with Crippen LogP contribution in [0, 0.1) is 0 Å². The van der Waals surface area contributed by atoms with Crippen LogP contribution in [0.3, 0.4) is 0 Å². The highest BCUT2D eigenvalue weighted by Crippen LogP contribution is 2.38. The van der Waals surface area contributed by atoms with E-state index in [-0.39, 0.29) is 5.97 Å². The van der Waals surface area contributed by atoms with Crippen LogP contribution in [0.1, 0.15) is 9.67 Å². The second-order valence-electron chi connectivity index (χ2n) is 2.95. The molecule has 0 saturated carbocycles. The fourth-order valence-corrected chi connectivity index (χ4v) is 3.00. The molecule has 0 amide bonds. The molecule has 0 saturated heterocycles. The molecule has 0 aliphatic heterocycles. The summed E-state index contributed by atoms with van der Waals surface area (Å²) in [6.07, 6.45) is 0. The Morgan fingerprint density at radius 1 is 1.53 bits per heavy atom. The third-order valence-corrected chi connectivity index (χ3v) is 4.23. The largest absolute Gasteiger partial charge is 0.465 e. The third kappa shape index (κ3) is 1.61. The van der Waals surface area contributed by atoms with Gasteiger partial charge >= 0.3 is 5.97 Å². The molecule has 1 aromatic heterocycles. The van der Waals surface area contributed by atoms with E-state index in [4.69, 9.17) is 5.73 Å². The van der Waals surface area contributed by atoms with Gasteiger partial charge in [-0.1, -0.05) is 12.1 Å². The Balaban J connectivity index is 2.75. The first-order valence-corrected chi connectivity index (χ1v) is 5.81. The zero-order chi connectivity index (χ0) is 11.0. The highest BCUT2D eigenvalue weighted by molar-refractivity contribution is 9.10. The number of carbonyl (C=O) groups excluding carboxylic acids is 1. The van der Waals surface area contributed by atoms with E-state index in [1.54, 1.807) is 0 Å². The number of ether oxygens (including phenoxy) is 1. The zero-order valence-electron chi connectivity index (χ0n) is 7.91. The van der Waals surface area contributed by atoms with Gasteiger partial charge in [0, 0.05) is 9.86 Å². The van der Waals surface area contributed by atoms with E-state index in [9.17, 15) is 4.79 Å². The molecule has 0 unspecified atom stereocenters. The van der Waals surface area contributed by atoms with Crippen molar-refractivity contribution in [3.63, 3.8) is 0 Å². The lowest BCUT2D eigenvalue weighted by Crippen LogP contribution is -2.01. The lowest BCUT2D eigenvalue weighted by atomic mass is 10.2. The molecule has 15 heavy (non-hydrogen) atoms. The van der Waals surface area contributed by atoms with Crippen molar-refractivity contribution in [3.05, 3.63) is 27.5 Å². The van der Waals surface area contributed by atoms with Crippen LogP contribution in [0.25, 0.3) is 10.1 Å². The summed E-state index contributed by atoms with van der Waals surface area (Å²) in [6.45, 7) is 0. The second-order valence-corrected chi connectivity index (χ2v) is 4.83. The first kappa shape index (κ1) is 10.4. The Hall–Kier alpha value is -1.07. The Bertz CT molecular complexity index is 535. The van der Waals surface area contributed by atoms with Gasteiger partial charge in [-0.15, -0.1) is 11.3 Å². The molecule has 1 heterocycles. The quantitative estimate of drug-likeness (QED) is 0.820. The van der Waals surface area contributed by atoms with Gasteiger partial charge in [-0.25, -0.2) is 4.79 Å². The molecule has 0 aliphatic carbocycles. The number of anilines is 1. The van der Waals surface area contributed by atoms with E-state index >= 15 is 0 Å². The lowest BCUT2D eigenvalue weighted by molar-refractivity contribution is 0.0607. The summed E-state index contributed by atoms with van der Waals surface area (Å²) in [5.41, 5.74) is 6.36. The summed E-state index contributed by atoms with van der Waals surface area (Å²) in [5, 5.41) is 0.884. The lowest BCUT2D eigenvalue weighted by Gasteiger charge is -1.95. The molecular weight excluding hydrogens is 278 g/mol. The van der Waals surface area contributed by atoms with E-state index < -0.39 is 0 Å². The Morgan fingerprint density at radius 2 is 2.27 bits per heavy atom. The molecule has 0 radical (unpaired) electrons. The number of rotatable bonds is 1. The predicted molar refractivity (Wildman–Crippen MR) is 65.3 cm³/mol. The number of hydrogen-bond donors (Lipinski definition) is 1. The molecule has 0 atom stereocenters. The highest BCUT2D eigenvalue weighted by Gasteiger charge is 2.17. The third-order valence-electron chi connectivity index (χ3n) is 2.08. The minimum Gasteiger partial charge on any atom is -0.465 e. The summed E-state index contributed by atoms with van der Waals surface area (Å²) in [5.74, 6) is -0.388. The van der Waals surface area contributed by atoms with Crippen LogP contribution >= 0.6 is 27.3 Å². The Kier molecular flexibility index (Phi) is 2.67. The van der Waals surface area contributed by atoms with Crippen molar-refractivity contribution in [1.29, 1.82) is 0 Å². The second kappa shape index (κ2) is 3.83. The normalized spacial score (nSPS) is 10.5. The standard InChI is InChI=1S/C10H8BrNO2S/c1-14-10(13)9-7(12)5-3-2-4-6(11)8(5)15-9/h2-4H,12H2,1H3. The van der Waals surface area contributed by atoms with Crippen molar-refractivity contribution < 1.29 is 9.53 Å². The molecule has 78 valence electrons. The Morgan fingerprint density at radius 3 is 2.87 bits per heavy atom. The average Bonchev–Trinajstić information content (AvgIpc) is 2.57. The van der Waals surface area contributed by atoms with Crippen LogP contribution in [0.2, 0.25) is 0 Å². The van der Waals surface area contributed by atoms with Gasteiger partial charge in [0.25, 0.3) is 0 Å². The number of thiophene rings is 1. The van der Waals surface area contributed by atoms with Crippen molar-refractivity contribution in [3.8, 4) is 0 Å². The van der Waals surface area contributed by atoms with Crippen LogP contribution in [0.15, 0.2) is 22.7 Å². The fraction of sp³-hybridized carbons (Fsp3) is 0.100. The monoisotopic (exact) mass is 285 g/mol. The van der Waals surface area contributed by atoms with Gasteiger partial charge < -0.3 is 10.5 Å². The molecule has 2 N–H and O–H groups in total. The van der Waals surface area contributed by atoms with Crippen LogP contribution in [0.4, 0.5) is 5.69 Å². The number of nitrogens with two attached hydrogens (primary N) is 1. The number of esters is 1. The first-order valence-electron chi connectivity index (χ1n) is 4.20. The van der Waals surface area contributed by atoms with Crippen LogP contribution in [-0.4, -0.2) is 13.1 Å². The van der Waals surface area contributed by atoms with Crippen LogP contribution < -0.4 is 5.73 Å². The number of nitrogen functional groups attached to an aromatic ring is 1. The van der Waals surface area contributed by atoms with Gasteiger partial charge in [0.2, 0.25) is 0 Å². The summed E-state index contributed by atoms with van der Waals surface area (Å²) in [6, 6.07) is 5.69. The minimum atomic E-state index is -0.388. The van der Waals surface area contributed by atoms with Crippen LogP contribution in [-0.2, 0) is 4.74 Å². The topological polar surface area (TPSA) is 52.3 Å². The summed E-state index contributed by atoms with van der Waals surface area (Å²) in [7, 11) is 1.35. The van der Waals surface area contributed by atoms with Crippen molar-refractivity contribution >= 4 is 49.0 Å². The smallest absolute Gasteiger partial charge is 0.350 e. The molecule has 0 spiro atoms. The maximum absolute atomic E-state index is 11.4. The molecule has 0 bridgehead atoms. The van der Waals surface area contributed by atoms with Crippen molar-refractivity contribution in [2.24, 2.45) is 0 Å². The molecule has 5 heteroatoms. The minimum absolute atomic E-state index is 0.388. The number of benzene rings is 1. The molecule has 0 fully saturated rings. The number of methoxy groups -OCH3 is 1. The van der Waals surface area contributed by atoms with Gasteiger partial charge in [0.1, 0.15) is 4.88 Å². The van der Waals surface area contributed by atoms with Gasteiger partial charge in [-0.2, -0.15) is 0 Å². The zero-order valence-corrected chi connectivity index (χ0v) is 10.3. The molecule has 2 aromatic rings. The maximum Gasteiger partial charge on any atom is 0.350 e. The summed E-state index contributed by atoms with van der Waals surface area (Å²) < 4.78 is 6.57. The van der Waals surface area contributed by atoms with Crippen LogP contribution in [0.5, 0.6) is 0 Å². The predicted octanol–water partition coefficient (Wildman–Crippen LogP) is 3.03. The van der Waals surface area contributed by atoms with Gasteiger partial charge in [0.05, 0.1) is 17.5 Å². The first-order chi connectivity index (χ1) is 7.15. The van der Waals surface area contributed by atoms with Crippen molar-refractivity contribution in [1.82, 2.24) is 0 Å². The van der Waals surface area contributed by atoms with E-state index in [0.29, 0.717) is 10.6 Å². The molecule has 1 aromatic carbocycles. The molecule has 0 aliphatic rings. The summed E-state index contributed by atoms with van der Waals surface area (Å²) in [4.78, 5) is 11.9. The van der Waals surface area contributed by atoms with E-state index in [1.165, 1.54) is 18.4 Å². The number of hydrogen-bond acceptors (Lipinski definition) is 4. The number of fused-ring (bicyclic) bond motifs is 1. The summed E-state index contributed by atoms with van der Waals surface area (Å²) >= 11 is 4.75. The Labute approximate surface area is 99.0 Å². The van der Waals surface area contributed by atoms with Gasteiger partial charge in [0.15, 0.2) is 0 Å². The molecular formula is C10H8BrNO2S. The van der Waals surface area contributed by atoms with Crippen molar-refractivity contribution in [2.45, 2.75) is 0 Å². The van der Waals surface area contributed by atoms with Crippen molar-refractivity contribution in [2.75, 3.05) is 12.8 Å². The van der Waals surface area contributed by atoms with E-state index in [0.717, 1.165) is 14.6 Å². The average molecular weight is 286 g/mol. The SMILES string of the molecule is COC(=O)c1sc2c(Br)cccc2c1N. The molecule has 3 nitrogen and oxygen atoms in total. The maximum atomic E-state index is 11.4. The van der Waals surface area contributed by atoms with E-state index in [2.05, 4.69) is 20.7 Å². The van der Waals surface area contributed by atoms with E-state index in [1.807, 2.05) is 18.2 Å². The fourth-order valence-electron chi connectivity index (χ4n) is 1.35.